The molecule has 3 aromatic rings. The van der Waals surface area contributed by atoms with Crippen LogP contribution in [0.25, 0.3) is 22.2 Å². The average Bonchev–Trinajstić information content (AvgIpc) is 3.25. The second-order valence-corrected chi connectivity index (χ2v) is 7.27. The van der Waals surface area contributed by atoms with E-state index in [1.807, 2.05) is 35.5 Å². The van der Waals surface area contributed by atoms with Crippen LogP contribution < -0.4 is 5.32 Å². The Kier molecular flexibility index (Phi) is 4.66. The molecule has 1 fully saturated rings. The fourth-order valence-corrected chi connectivity index (χ4v) is 3.99. The number of piperidine rings is 1. The molecule has 6 heteroatoms. The van der Waals surface area contributed by atoms with E-state index in [0.29, 0.717) is 17.9 Å². The summed E-state index contributed by atoms with van der Waals surface area (Å²) < 4.78 is 20.5. The average molecular weight is 369 g/mol. The standard InChI is InChI=1S/C20H20FN3OS/c1-3-5-18-19(17-11-26-12-22-17)13-6-4-7-16(20(13)25-18)23-15-8-9-24(2)10-14(15)21/h4,6-7,11-12,14-15,23H,8-10H2,1-2H3/t14-,15-/m0/s1. The van der Waals surface area contributed by atoms with Gasteiger partial charge in [-0.3, -0.25) is 0 Å². The van der Waals surface area contributed by atoms with Crippen molar-refractivity contribution in [1.82, 2.24) is 9.88 Å². The number of fused-ring (bicyclic) bond motifs is 1. The van der Waals surface area contributed by atoms with Crippen molar-refractivity contribution in [3.63, 3.8) is 0 Å². The first-order valence-corrected chi connectivity index (χ1v) is 9.57. The van der Waals surface area contributed by atoms with Crippen LogP contribution in [0.5, 0.6) is 0 Å². The molecule has 1 aliphatic heterocycles. The van der Waals surface area contributed by atoms with E-state index in [1.165, 1.54) is 11.3 Å². The van der Waals surface area contributed by atoms with Crippen LogP contribution in [0.2, 0.25) is 0 Å². The zero-order valence-corrected chi connectivity index (χ0v) is 15.6. The van der Waals surface area contributed by atoms with Gasteiger partial charge in [-0.1, -0.05) is 18.1 Å². The summed E-state index contributed by atoms with van der Waals surface area (Å²) in [7, 11) is 1.95. The summed E-state index contributed by atoms with van der Waals surface area (Å²) in [5.74, 6) is 6.54. The SMILES string of the molecule is CC#Cc1oc2c(N[C@H]3CCN(C)C[C@@H]3F)cccc2c1-c1cscn1. The van der Waals surface area contributed by atoms with Crippen molar-refractivity contribution in [3.8, 4) is 23.1 Å². The number of likely N-dealkylation sites (tertiary alicyclic amines) is 1. The molecule has 4 rings (SSSR count). The van der Waals surface area contributed by atoms with E-state index < -0.39 is 6.17 Å². The van der Waals surface area contributed by atoms with Crippen LogP contribution in [-0.4, -0.2) is 42.2 Å². The van der Waals surface area contributed by atoms with Gasteiger partial charge in [-0.15, -0.1) is 11.3 Å². The summed E-state index contributed by atoms with van der Waals surface area (Å²) in [4.78, 5) is 6.44. The Morgan fingerprint density at radius 3 is 3.04 bits per heavy atom. The summed E-state index contributed by atoms with van der Waals surface area (Å²) >= 11 is 1.54. The smallest absolute Gasteiger partial charge is 0.187 e. The van der Waals surface area contributed by atoms with Crippen molar-refractivity contribution in [2.45, 2.75) is 25.6 Å². The van der Waals surface area contributed by atoms with Gasteiger partial charge in [0, 0.05) is 23.9 Å². The lowest BCUT2D eigenvalue weighted by molar-refractivity contribution is 0.149. The van der Waals surface area contributed by atoms with E-state index in [2.05, 4.69) is 22.1 Å². The molecule has 0 bridgehead atoms. The third kappa shape index (κ3) is 3.09. The summed E-state index contributed by atoms with van der Waals surface area (Å²) in [6.07, 6.45) is -0.151. The van der Waals surface area contributed by atoms with Gasteiger partial charge in [0.1, 0.15) is 6.17 Å². The number of hydrogen-bond acceptors (Lipinski definition) is 5. The van der Waals surface area contributed by atoms with Gasteiger partial charge in [0.15, 0.2) is 11.3 Å². The maximum absolute atomic E-state index is 14.4. The highest BCUT2D eigenvalue weighted by Crippen LogP contribution is 2.38. The number of nitrogens with zero attached hydrogens (tertiary/aromatic N) is 2. The molecule has 2 aromatic heterocycles. The Hall–Kier alpha value is -2.36. The molecule has 0 aliphatic carbocycles. The van der Waals surface area contributed by atoms with Gasteiger partial charge in [-0.05, 0) is 32.4 Å². The number of rotatable bonds is 3. The van der Waals surface area contributed by atoms with Gasteiger partial charge < -0.3 is 14.6 Å². The van der Waals surface area contributed by atoms with Gasteiger partial charge in [-0.25, -0.2) is 9.37 Å². The molecule has 0 spiro atoms. The molecule has 0 radical (unpaired) electrons. The Balaban J connectivity index is 1.77. The number of furan rings is 1. The van der Waals surface area contributed by atoms with E-state index in [1.54, 1.807) is 12.4 Å². The number of alkyl halides is 1. The van der Waals surface area contributed by atoms with Crippen molar-refractivity contribution in [1.29, 1.82) is 0 Å². The van der Waals surface area contributed by atoms with Gasteiger partial charge in [0.25, 0.3) is 0 Å². The zero-order chi connectivity index (χ0) is 18.1. The molecule has 134 valence electrons. The largest absolute Gasteiger partial charge is 0.445 e. The van der Waals surface area contributed by atoms with Crippen LogP contribution in [0.3, 0.4) is 0 Å². The lowest BCUT2D eigenvalue weighted by atomic mass is 10.0. The molecule has 0 unspecified atom stereocenters. The Labute approximate surface area is 156 Å². The predicted molar refractivity (Wildman–Crippen MR) is 104 cm³/mol. The van der Waals surface area contributed by atoms with Crippen LogP contribution >= 0.6 is 11.3 Å². The van der Waals surface area contributed by atoms with Crippen molar-refractivity contribution >= 4 is 28.0 Å². The van der Waals surface area contributed by atoms with E-state index in [9.17, 15) is 4.39 Å². The molecule has 0 saturated carbocycles. The number of anilines is 1. The van der Waals surface area contributed by atoms with Crippen molar-refractivity contribution in [3.05, 3.63) is 34.8 Å². The number of halogens is 1. The van der Waals surface area contributed by atoms with E-state index >= 15 is 0 Å². The fraction of sp³-hybridized carbons (Fsp3) is 0.350. The monoisotopic (exact) mass is 369 g/mol. The lowest BCUT2D eigenvalue weighted by Gasteiger charge is -2.33. The molecule has 2 atom stereocenters. The van der Waals surface area contributed by atoms with E-state index in [0.717, 1.165) is 35.3 Å². The third-order valence-electron chi connectivity index (χ3n) is 4.73. The molecule has 26 heavy (non-hydrogen) atoms. The summed E-state index contributed by atoms with van der Waals surface area (Å²) in [5.41, 5.74) is 5.07. The first-order valence-electron chi connectivity index (χ1n) is 8.63. The van der Waals surface area contributed by atoms with Crippen LogP contribution in [0.4, 0.5) is 10.1 Å². The van der Waals surface area contributed by atoms with E-state index in [-0.39, 0.29) is 6.04 Å². The maximum Gasteiger partial charge on any atom is 0.187 e. The second-order valence-electron chi connectivity index (χ2n) is 6.55. The minimum Gasteiger partial charge on any atom is -0.445 e. The first-order chi connectivity index (χ1) is 12.7. The van der Waals surface area contributed by atoms with Gasteiger partial charge >= 0.3 is 0 Å². The molecule has 1 N–H and O–H groups in total. The molecule has 1 saturated heterocycles. The maximum atomic E-state index is 14.4. The number of thiazole rings is 1. The minimum absolute atomic E-state index is 0.217. The van der Waals surface area contributed by atoms with Crippen molar-refractivity contribution in [2.24, 2.45) is 0 Å². The first kappa shape index (κ1) is 17.1. The number of aromatic nitrogens is 1. The Morgan fingerprint density at radius 1 is 1.42 bits per heavy atom. The van der Waals surface area contributed by atoms with E-state index in [4.69, 9.17) is 4.42 Å². The lowest BCUT2D eigenvalue weighted by Crippen LogP contribution is -2.46. The summed E-state index contributed by atoms with van der Waals surface area (Å²) in [6, 6.07) is 5.68. The summed E-state index contributed by atoms with van der Waals surface area (Å²) in [6.45, 7) is 3.11. The highest BCUT2D eigenvalue weighted by Gasteiger charge is 2.28. The zero-order valence-electron chi connectivity index (χ0n) is 14.8. The molecular weight excluding hydrogens is 349 g/mol. The highest BCUT2D eigenvalue weighted by atomic mass is 32.1. The van der Waals surface area contributed by atoms with Crippen LogP contribution in [0.1, 0.15) is 19.1 Å². The Bertz CT molecular complexity index is 970. The molecule has 0 amide bonds. The summed E-state index contributed by atoms with van der Waals surface area (Å²) in [5, 5.41) is 6.29. The molecule has 1 aliphatic rings. The number of benzene rings is 1. The van der Waals surface area contributed by atoms with Crippen molar-refractivity contribution < 1.29 is 8.81 Å². The van der Waals surface area contributed by atoms with Gasteiger partial charge in [0.2, 0.25) is 0 Å². The fourth-order valence-electron chi connectivity index (χ4n) is 3.44. The molecule has 1 aromatic carbocycles. The predicted octanol–water partition coefficient (Wildman–Crippen LogP) is 4.38. The number of para-hydroxylation sites is 1. The molecule has 3 heterocycles. The topological polar surface area (TPSA) is 41.3 Å². The Morgan fingerprint density at radius 2 is 2.31 bits per heavy atom. The molecular formula is C20H20FN3OS. The molecule has 4 nitrogen and oxygen atoms in total. The minimum atomic E-state index is -0.910. The third-order valence-corrected chi connectivity index (χ3v) is 5.31. The number of hydrogen-bond donors (Lipinski definition) is 1. The van der Waals surface area contributed by atoms with Gasteiger partial charge in [-0.2, -0.15) is 0 Å². The quantitative estimate of drug-likeness (QED) is 0.696. The normalized spacial score (nSPS) is 20.7. The van der Waals surface area contributed by atoms with Crippen LogP contribution in [-0.2, 0) is 0 Å². The van der Waals surface area contributed by atoms with Crippen LogP contribution in [0, 0.1) is 11.8 Å². The van der Waals surface area contributed by atoms with Crippen LogP contribution in [0.15, 0.2) is 33.5 Å². The van der Waals surface area contributed by atoms with Crippen molar-refractivity contribution in [2.75, 3.05) is 25.5 Å². The van der Waals surface area contributed by atoms with Gasteiger partial charge in [0.05, 0.1) is 28.5 Å². The number of nitrogens with one attached hydrogen (secondary N) is 1. The second kappa shape index (κ2) is 7.10. The highest BCUT2D eigenvalue weighted by molar-refractivity contribution is 7.07.